The summed E-state index contributed by atoms with van der Waals surface area (Å²) in [5, 5.41) is 4.16. The van der Waals surface area contributed by atoms with Crippen LogP contribution in [0.5, 0.6) is 0 Å². The topological polar surface area (TPSA) is 45.4 Å². The summed E-state index contributed by atoms with van der Waals surface area (Å²) in [6.45, 7) is 5.44. The van der Waals surface area contributed by atoms with E-state index in [9.17, 15) is 0 Å². The maximum atomic E-state index is 5.48. The van der Waals surface area contributed by atoms with Gasteiger partial charge in [0.1, 0.15) is 11.4 Å². The molecule has 1 aliphatic rings. The Morgan fingerprint density at radius 2 is 1.76 bits per heavy atom. The van der Waals surface area contributed by atoms with Crippen LogP contribution in [-0.2, 0) is 6.54 Å². The average molecular weight is 334 g/mol. The molecular formula is C20H22N4O. The van der Waals surface area contributed by atoms with Crippen LogP contribution in [0.2, 0.25) is 0 Å². The van der Waals surface area contributed by atoms with Gasteiger partial charge in [-0.05, 0) is 18.7 Å². The normalized spacial score (nSPS) is 16.2. The van der Waals surface area contributed by atoms with Crippen molar-refractivity contribution in [3.05, 3.63) is 60.3 Å². The molecule has 1 aliphatic heterocycles. The lowest BCUT2D eigenvalue weighted by molar-refractivity contribution is 0.148. The summed E-state index contributed by atoms with van der Waals surface area (Å²) in [5.74, 6) is 0.699. The van der Waals surface area contributed by atoms with Gasteiger partial charge in [0.2, 0.25) is 0 Å². The monoisotopic (exact) mass is 334 g/mol. The predicted molar refractivity (Wildman–Crippen MR) is 97.9 cm³/mol. The van der Waals surface area contributed by atoms with Gasteiger partial charge in [0, 0.05) is 50.6 Å². The number of piperazine rings is 1. The van der Waals surface area contributed by atoms with Gasteiger partial charge in [-0.15, -0.1) is 0 Å². The number of benzene rings is 1. The lowest BCUT2D eigenvalue weighted by Gasteiger charge is -2.32. The second-order valence-electron chi connectivity index (χ2n) is 6.57. The van der Waals surface area contributed by atoms with Crippen LogP contribution in [0.1, 0.15) is 5.56 Å². The first-order chi connectivity index (χ1) is 12.3. The quantitative estimate of drug-likeness (QED) is 0.733. The summed E-state index contributed by atoms with van der Waals surface area (Å²) in [6.07, 6.45) is 1.94. The molecule has 5 heteroatoms. The molecule has 0 aliphatic carbocycles. The number of rotatable bonds is 4. The summed E-state index contributed by atoms with van der Waals surface area (Å²) < 4.78 is 5.48. The fraction of sp³-hybridized carbons (Fsp3) is 0.300. The zero-order valence-electron chi connectivity index (χ0n) is 14.4. The number of aromatic nitrogens is 2. The maximum absolute atomic E-state index is 5.48. The third-order valence-electron chi connectivity index (χ3n) is 4.66. The second kappa shape index (κ2) is 7.17. The summed E-state index contributed by atoms with van der Waals surface area (Å²) in [7, 11) is 2.18. The fourth-order valence-electron chi connectivity index (χ4n) is 3.07. The zero-order valence-corrected chi connectivity index (χ0v) is 14.4. The van der Waals surface area contributed by atoms with Gasteiger partial charge in [-0.25, -0.2) is 0 Å². The molecule has 0 saturated carbocycles. The molecule has 5 nitrogen and oxygen atoms in total. The molecule has 3 heterocycles. The Morgan fingerprint density at radius 3 is 2.48 bits per heavy atom. The number of pyridine rings is 1. The molecule has 0 bridgehead atoms. The Morgan fingerprint density at radius 1 is 0.960 bits per heavy atom. The van der Waals surface area contributed by atoms with Crippen LogP contribution in [0.4, 0.5) is 0 Å². The van der Waals surface area contributed by atoms with Gasteiger partial charge in [-0.1, -0.05) is 41.6 Å². The van der Waals surface area contributed by atoms with Crippen LogP contribution in [0, 0.1) is 0 Å². The van der Waals surface area contributed by atoms with E-state index in [0.717, 1.165) is 49.7 Å². The summed E-state index contributed by atoms with van der Waals surface area (Å²) in [5.41, 5.74) is 3.93. The van der Waals surface area contributed by atoms with Gasteiger partial charge < -0.3 is 9.42 Å². The van der Waals surface area contributed by atoms with Gasteiger partial charge in [-0.3, -0.25) is 9.88 Å². The highest BCUT2D eigenvalue weighted by Crippen LogP contribution is 2.24. The Kier molecular flexibility index (Phi) is 4.59. The highest BCUT2D eigenvalue weighted by atomic mass is 16.5. The van der Waals surface area contributed by atoms with E-state index < -0.39 is 0 Å². The molecule has 128 valence electrons. The highest BCUT2D eigenvalue weighted by molar-refractivity contribution is 5.64. The first-order valence-corrected chi connectivity index (χ1v) is 8.66. The van der Waals surface area contributed by atoms with E-state index in [-0.39, 0.29) is 0 Å². The van der Waals surface area contributed by atoms with Crippen LogP contribution >= 0.6 is 0 Å². The first kappa shape index (κ1) is 16.0. The van der Waals surface area contributed by atoms with Gasteiger partial charge in [0.05, 0.1) is 0 Å². The minimum atomic E-state index is 0.699. The standard InChI is InChI=1S/C20H22N4O/c1-23-9-11-24(12-10-23)15-16-7-8-18(21-14-16)20-13-19(22-25-20)17-5-3-2-4-6-17/h2-8,13-14H,9-12,15H2,1H3. The average Bonchev–Trinajstić information content (AvgIpc) is 3.15. The third kappa shape index (κ3) is 3.78. The Balaban J connectivity index is 1.44. The van der Waals surface area contributed by atoms with E-state index in [1.807, 2.05) is 48.7 Å². The van der Waals surface area contributed by atoms with Crippen molar-refractivity contribution < 1.29 is 4.52 Å². The number of likely N-dealkylation sites (N-methyl/N-ethyl adjacent to an activating group) is 1. The number of hydrogen-bond acceptors (Lipinski definition) is 5. The number of hydrogen-bond donors (Lipinski definition) is 0. The lowest BCUT2D eigenvalue weighted by atomic mass is 10.1. The maximum Gasteiger partial charge on any atom is 0.185 e. The molecular weight excluding hydrogens is 312 g/mol. The molecule has 0 radical (unpaired) electrons. The summed E-state index contributed by atoms with van der Waals surface area (Å²) in [6, 6.07) is 16.1. The molecule has 25 heavy (non-hydrogen) atoms. The van der Waals surface area contributed by atoms with Crippen molar-refractivity contribution in [2.75, 3.05) is 33.2 Å². The molecule has 2 aromatic heterocycles. The van der Waals surface area contributed by atoms with Crippen LogP contribution in [0.25, 0.3) is 22.7 Å². The van der Waals surface area contributed by atoms with Gasteiger partial charge in [0.25, 0.3) is 0 Å². The summed E-state index contributed by atoms with van der Waals surface area (Å²) >= 11 is 0. The van der Waals surface area contributed by atoms with Gasteiger partial charge in [0.15, 0.2) is 5.76 Å². The zero-order chi connectivity index (χ0) is 17.1. The van der Waals surface area contributed by atoms with E-state index in [0.29, 0.717) is 5.76 Å². The molecule has 0 amide bonds. The number of nitrogens with zero attached hydrogens (tertiary/aromatic N) is 4. The molecule has 0 unspecified atom stereocenters. The molecule has 1 saturated heterocycles. The highest BCUT2D eigenvalue weighted by Gasteiger charge is 2.14. The minimum absolute atomic E-state index is 0.699. The van der Waals surface area contributed by atoms with E-state index in [4.69, 9.17) is 4.52 Å². The molecule has 1 fully saturated rings. The molecule has 0 atom stereocenters. The third-order valence-corrected chi connectivity index (χ3v) is 4.66. The summed E-state index contributed by atoms with van der Waals surface area (Å²) in [4.78, 5) is 9.40. The fourth-order valence-corrected chi connectivity index (χ4v) is 3.07. The molecule has 0 N–H and O–H groups in total. The van der Waals surface area contributed by atoms with Crippen molar-refractivity contribution in [1.29, 1.82) is 0 Å². The van der Waals surface area contributed by atoms with E-state index in [2.05, 4.69) is 33.1 Å². The first-order valence-electron chi connectivity index (χ1n) is 8.66. The predicted octanol–water partition coefficient (Wildman–Crippen LogP) is 3.15. The largest absolute Gasteiger partial charge is 0.354 e. The Bertz CT molecular complexity index is 805. The van der Waals surface area contributed by atoms with Crippen molar-refractivity contribution in [3.63, 3.8) is 0 Å². The smallest absolute Gasteiger partial charge is 0.185 e. The van der Waals surface area contributed by atoms with Gasteiger partial charge >= 0.3 is 0 Å². The van der Waals surface area contributed by atoms with Crippen molar-refractivity contribution >= 4 is 0 Å². The van der Waals surface area contributed by atoms with Crippen LogP contribution in [0.3, 0.4) is 0 Å². The molecule has 3 aromatic rings. The second-order valence-corrected chi connectivity index (χ2v) is 6.57. The van der Waals surface area contributed by atoms with Crippen molar-refractivity contribution in [1.82, 2.24) is 19.9 Å². The van der Waals surface area contributed by atoms with Crippen LogP contribution in [0.15, 0.2) is 59.3 Å². The van der Waals surface area contributed by atoms with Crippen LogP contribution < -0.4 is 0 Å². The molecule has 4 rings (SSSR count). The van der Waals surface area contributed by atoms with Gasteiger partial charge in [-0.2, -0.15) is 0 Å². The van der Waals surface area contributed by atoms with Crippen molar-refractivity contribution in [2.45, 2.75) is 6.54 Å². The van der Waals surface area contributed by atoms with E-state index >= 15 is 0 Å². The van der Waals surface area contributed by atoms with E-state index in [1.165, 1.54) is 5.56 Å². The Labute approximate surface area is 147 Å². The van der Waals surface area contributed by atoms with Crippen molar-refractivity contribution in [3.8, 4) is 22.7 Å². The van der Waals surface area contributed by atoms with Crippen molar-refractivity contribution in [2.24, 2.45) is 0 Å². The lowest BCUT2D eigenvalue weighted by Crippen LogP contribution is -2.43. The SMILES string of the molecule is CN1CCN(Cc2ccc(-c3cc(-c4ccccc4)no3)nc2)CC1. The van der Waals surface area contributed by atoms with E-state index in [1.54, 1.807) is 0 Å². The molecule has 1 aromatic carbocycles. The van der Waals surface area contributed by atoms with Crippen LogP contribution in [-0.4, -0.2) is 53.2 Å². The Hall–Kier alpha value is -2.50. The minimum Gasteiger partial charge on any atom is -0.354 e. The molecule has 0 spiro atoms.